The number of urea groups is 1. The summed E-state index contributed by atoms with van der Waals surface area (Å²) in [7, 11) is 0. The fourth-order valence-corrected chi connectivity index (χ4v) is 6.48. The Hall–Kier alpha value is -5.29. The predicted octanol–water partition coefficient (Wildman–Crippen LogP) is 4.71. The van der Waals surface area contributed by atoms with Crippen molar-refractivity contribution in [2.24, 2.45) is 0 Å². The van der Waals surface area contributed by atoms with E-state index in [2.05, 4.69) is 5.32 Å². The zero-order valence-electron chi connectivity index (χ0n) is 25.8. The van der Waals surface area contributed by atoms with Crippen LogP contribution in [0.2, 0.25) is 0 Å². The van der Waals surface area contributed by atoms with E-state index < -0.39 is 17.1 Å². The second kappa shape index (κ2) is 13.0. The minimum atomic E-state index is -0.853. The van der Waals surface area contributed by atoms with Crippen LogP contribution in [-0.2, 0) is 29.1 Å². The minimum Gasteiger partial charge on any atom is -0.333 e. The van der Waals surface area contributed by atoms with E-state index in [0.29, 0.717) is 18.7 Å². The average Bonchev–Trinajstić information content (AvgIpc) is 3.37. The lowest BCUT2D eigenvalue weighted by Crippen LogP contribution is -2.66. The lowest BCUT2D eigenvalue weighted by molar-refractivity contribution is -0.384. The summed E-state index contributed by atoms with van der Waals surface area (Å²) in [6.45, 7) is 4.59. The quantitative estimate of drug-likeness (QED) is 0.214. The molecule has 236 valence electrons. The second-order valence-corrected chi connectivity index (χ2v) is 12.0. The van der Waals surface area contributed by atoms with Gasteiger partial charge in [-0.25, -0.2) is 4.79 Å². The number of fused-ring (bicyclic) bond motifs is 2. The summed E-state index contributed by atoms with van der Waals surface area (Å²) in [4.78, 5) is 55.8. The van der Waals surface area contributed by atoms with Crippen LogP contribution in [0.5, 0.6) is 0 Å². The molecule has 4 amide bonds. The fourth-order valence-electron chi connectivity index (χ4n) is 6.48. The van der Waals surface area contributed by atoms with Gasteiger partial charge in [-0.1, -0.05) is 84.9 Å². The van der Waals surface area contributed by atoms with Crippen LogP contribution in [0.4, 0.5) is 10.5 Å². The van der Waals surface area contributed by atoms with Crippen LogP contribution in [-0.4, -0.2) is 73.9 Å². The van der Waals surface area contributed by atoms with Gasteiger partial charge in [0.05, 0.1) is 18.0 Å². The number of carbonyl (C=O) groups is 3. The van der Waals surface area contributed by atoms with Gasteiger partial charge in [-0.2, -0.15) is 5.01 Å². The van der Waals surface area contributed by atoms with Crippen molar-refractivity contribution in [3.8, 4) is 0 Å². The zero-order chi connectivity index (χ0) is 32.4. The Morgan fingerprint density at radius 2 is 1.63 bits per heavy atom. The van der Waals surface area contributed by atoms with Crippen molar-refractivity contribution in [2.75, 3.05) is 13.1 Å². The maximum atomic E-state index is 14.2. The summed E-state index contributed by atoms with van der Waals surface area (Å²) in [6.07, 6.45) is -0.408. The maximum Gasteiger partial charge on any atom is 0.332 e. The van der Waals surface area contributed by atoms with Gasteiger partial charge in [-0.15, -0.1) is 0 Å². The van der Waals surface area contributed by atoms with E-state index in [1.807, 2.05) is 86.6 Å². The first-order valence-corrected chi connectivity index (χ1v) is 15.4. The molecule has 1 N–H and O–H groups in total. The number of nitro groups is 1. The Balaban J connectivity index is 1.33. The van der Waals surface area contributed by atoms with Crippen LogP contribution in [0.3, 0.4) is 0 Å². The number of amides is 4. The summed E-state index contributed by atoms with van der Waals surface area (Å²) < 4.78 is 0. The van der Waals surface area contributed by atoms with Gasteiger partial charge in [-0.05, 0) is 41.3 Å². The molecule has 0 aliphatic carbocycles. The van der Waals surface area contributed by atoms with Crippen molar-refractivity contribution >= 4 is 34.3 Å². The van der Waals surface area contributed by atoms with E-state index in [1.165, 1.54) is 12.1 Å². The van der Waals surface area contributed by atoms with E-state index in [9.17, 15) is 24.5 Å². The number of non-ortho nitro benzene ring substituents is 1. The summed E-state index contributed by atoms with van der Waals surface area (Å²) in [5, 5.41) is 19.7. The highest BCUT2D eigenvalue weighted by Gasteiger charge is 2.52. The van der Waals surface area contributed by atoms with Crippen LogP contribution in [0.1, 0.15) is 30.5 Å². The lowest BCUT2D eigenvalue weighted by Gasteiger charge is -2.47. The molecule has 2 aliphatic heterocycles. The van der Waals surface area contributed by atoms with Gasteiger partial charge in [-0.3, -0.25) is 24.7 Å². The molecular formula is C35H36N6O5. The smallest absolute Gasteiger partial charge is 0.332 e. The molecule has 0 saturated carbocycles. The number of piperazine rings is 1. The fraction of sp³-hybridized carbons (Fsp3) is 0.286. The zero-order valence-corrected chi connectivity index (χ0v) is 25.8. The third-order valence-corrected chi connectivity index (χ3v) is 8.64. The topological polar surface area (TPSA) is 119 Å². The standard InChI is InChI=1S/C35H36N6O5/c1-24(2)40(35(44)36-20-26-9-4-3-5-10-26)38-23-33(42)39-31(19-25-15-17-29(18-16-25)41(45)46)34(43)37(22-32(38)39)21-28-13-8-12-27-11-6-7-14-30(27)28/h3-18,24,31-32H,19-23H2,1-2H3,(H,36,44)/t31-,32+/m0/s1. The van der Waals surface area contributed by atoms with Gasteiger partial charge < -0.3 is 15.1 Å². The number of nitro benzene ring substituents is 1. The first-order valence-electron chi connectivity index (χ1n) is 15.4. The van der Waals surface area contributed by atoms with Crippen molar-refractivity contribution in [3.63, 3.8) is 0 Å². The maximum absolute atomic E-state index is 14.2. The van der Waals surface area contributed by atoms with Crippen molar-refractivity contribution in [1.29, 1.82) is 0 Å². The Bertz CT molecular complexity index is 1760. The van der Waals surface area contributed by atoms with Gasteiger partial charge in [0.25, 0.3) is 5.69 Å². The summed E-state index contributed by atoms with van der Waals surface area (Å²) >= 11 is 0. The van der Waals surface area contributed by atoms with Gasteiger partial charge >= 0.3 is 6.03 Å². The predicted molar refractivity (Wildman–Crippen MR) is 173 cm³/mol. The number of carbonyl (C=O) groups excluding carboxylic acids is 3. The largest absolute Gasteiger partial charge is 0.333 e. The lowest BCUT2D eigenvalue weighted by atomic mass is 9.98. The molecule has 0 spiro atoms. The highest BCUT2D eigenvalue weighted by atomic mass is 16.6. The Labute approximate surface area is 267 Å². The molecule has 4 aromatic rings. The van der Waals surface area contributed by atoms with Gasteiger partial charge in [0.1, 0.15) is 12.2 Å². The first-order chi connectivity index (χ1) is 22.2. The highest BCUT2D eigenvalue weighted by Crippen LogP contribution is 2.32. The molecule has 6 rings (SSSR count). The van der Waals surface area contributed by atoms with E-state index in [0.717, 1.165) is 21.9 Å². The molecule has 2 atom stereocenters. The van der Waals surface area contributed by atoms with Crippen LogP contribution in [0.25, 0.3) is 10.8 Å². The number of hydrazine groups is 1. The normalized spacial score (nSPS) is 18.2. The SMILES string of the molecule is CC(C)N(C(=O)NCc1ccccc1)N1CC(=O)N2[C@@H](Cc3ccc([N+](=O)[O-])cc3)C(=O)N(Cc3cccc4ccccc34)C[C@@H]21. The summed E-state index contributed by atoms with van der Waals surface area (Å²) in [5.41, 5.74) is 2.58. The third kappa shape index (κ3) is 6.14. The van der Waals surface area contributed by atoms with E-state index in [-0.39, 0.29) is 49.1 Å². The molecule has 4 aromatic carbocycles. The number of nitrogens with zero attached hydrogens (tertiary/aromatic N) is 5. The average molecular weight is 621 g/mol. The summed E-state index contributed by atoms with van der Waals surface area (Å²) in [5.74, 6) is -0.459. The van der Waals surface area contributed by atoms with Crippen molar-refractivity contribution in [2.45, 2.75) is 51.6 Å². The molecule has 2 fully saturated rings. The van der Waals surface area contributed by atoms with Gasteiger partial charge in [0, 0.05) is 37.7 Å². The first kappa shape index (κ1) is 30.7. The van der Waals surface area contributed by atoms with Crippen LogP contribution in [0.15, 0.2) is 97.1 Å². The molecule has 11 nitrogen and oxygen atoms in total. The third-order valence-electron chi connectivity index (χ3n) is 8.64. The Morgan fingerprint density at radius 3 is 2.35 bits per heavy atom. The molecule has 0 bridgehead atoms. The molecule has 2 saturated heterocycles. The van der Waals surface area contributed by atoms with Crippen molar-refractivity contribution < 1.29 is 19.3 Å². The second-order valence-electron chi connectivity index (χ2n) is 12.0. The van der Waals surface area contributed by atoms with Crippen molar-refractivity contribution in [1.82, 2.24) is 25.1 Å². The van der Waals surface area contributed by atoms with E-state index >= 15 is 0 Å². The highest BCUT2D eigenvalue weighted by molar-refractivity contribution is 5.92. The number of nitrogens with one attached hydrogen (secondary N) is 1. The summed E-state index contributed by atoms with van der Waals surface area (Å²) in [6, 6.07) is 28.2. The minimum absolute atomic E-state index is 0.0494. The Morgan fingerprint density at radius 1 is 0.935 bits per heavy atom. The van der Waals surface area contributed by atoms with Crippen molar-refractivity contribution in [3.05, 3.63) is 124 Å². The molecule has 2 aliphatic rings. The van der Waals surface area contributed by atoms with Crippen LogP contribution < -0.4 is 5.32 Å². The number of rotatable bonds is 9. The van der Waals surface area contributed by atoms with Crippen LogP contribution >= 0.6 is 0 Å². The number of hydrogen-bond acceptors (Lipinski definition) is 6. The number of hydrogen-bond donors (Lipinski definition) is 1. The molecule has 0 aromatic heterocycles. The molecular weight excluding hydrogens is 584 g/mol. The van der Waals surface area contributed by atoms with Gasteiger partial charge in [0.15, 0.2) is 0 Å². The molecule has 46 heavy (non-hydrogen) atoms. The molecule has 11 heteroatoms. The molecule has 0 unspecified atom stereocenters. The van der Waals surface area contributed by atoms with Gasteiger partial charge in [0.2, 0.25) is 11.8 Å². The van der Waals surface area contributed by atoms with E-state index in [4.69, 9.17) is 0 Å². The molecule has 0 radical (unpaired) electrons. The number of benzene rings is 4. The van der Waals surface area contributed by atoms with Crippen LogP contribution in [0, 0.1) is 10.1 Å². The Kier molecular flexibility index (Phi) is 8.67. The van der Waals surface area contributed by atoms with E-state index in [1.54, 1.807) is 32.0 Å². The molecule has 2 heterocycles. The monoisotopic (exact) mass is 620 g/mol.